The van der Waals surface area contributed by atoms with E-state index in [4.69, 9.17) is 42.3 Å². The van der Waals surface area contributed by atoms with Crippen molar-refractivity contribution in [1.82, 2.24) is 5.16 Å². The molecule has 1 heterocycles. The number of aromatic nitrogens is 1. The van der Waals surface area contributed by atoms with Gasteiger partial charge >= 0.3 is 5.97 Å². The third kappa shape index (κ3) is 6.56. The first-order valence-corrected chi connectivity index (χ1v) is 13.8. The fraction of sp³-hybridized carbons (Fsp3) is 0.152. The molecule has 0 fully saturated rings. The summed E-state index contributed by atoms with van der Waals surface area (Å²) in [5.41, 5.74) is 5.30. The first kappa shape index (κ1) is 28.3. The molecule has 0 aliphatic heterocycles. The molecule has 208 valence electrons. The van der Waals surface area contributed by atoms with Gasteiger partial charge in [-0.25, -0.2) is 4.79 Å². The van der Waals surface area contributed by atoms with Crippen molar-refractivity contribution < 1.29 is 23.9 Å². The Morgan fingerprint density at radius 2 is 1.44 bits per heavy atom. The smallest absolute Gasteiger partial charge is 0.335 e. The number of rotatable bonds is 10. The summed E-state index contributed by atoms with van der Waals surface area (Å²) in [6, 6.07) is 27.6. The predicted molar refractivity (Wildman–Crippen MR) is 160 cm³/mol. The number of carbonyl (C=O) groups is 1. The molecule has 5 rings (SSSR count). The number of aromatic carboxylic acids is 1. The molecule has 0 radical (unpaired) electrons. The SMILES string of the molecule is CC(C)c1onc(-c2c(Cl)cccc2Cl)c1COc1ccc(-c2cccc(COc3ccc(C(=O)O)cc3)c2)cc1. The van der Waals surface area contributed by atoms with Crippen molar-refractivity contribution in [1.29, 1.82) is 0 Å². The molecule has 1 N–H and O–H groups in total. The molecule has 0 spiro atoms. The van der Waals surface area contributed by atoms with E-state index in [1.807, 2.05) is 56.3 Å². The molecule has 4 aromatic carbocycles. The van der Waals surface area contributed by atoms with E-state index in [9.17, 15) is 4.79 Å². The van der Waals surface area contributed by atoms with Crippen molar-refractivity contribution in [3.63, 3.8) is 0 Å². The first-order chi connectivity index (χ1) is 19.8. The molecule has 0 atom stereocenters. The Balaban J connectivity index is 1.28. The summed E-state index contributed by atoms with van der Waals surface area (Å²) in [5.74, 6) is 1.16. The van der Waals surface area contributed by atoms with Crippen LogP contribution in [0.2, 0.25) is 10.0 Å². The van der Waals surface area contributed by atoms with Crippen molar-refractivity contribution in [2.45, 2.75) is 33.0 Å². The second-order valence-electron chi connectivity index (χ2n) is 9.76. The number of halogens is 2. The van der Waals surface area contributed by atoms with Crippen LogP contribution in [0.15, 0.2) is 95.5 Å². The summed E-state index contributed by atoms with van der Waals surface area (Å²) < 4.78 is 17.7. The van der Waals surface area contributed by atoms with Gasteiger partial charge in [0.1, 0.15) is 36.2 Å². The number of carboxylic acid groups (broad SMARTS) is 1. The number of ether oxygens (including phenoxy) is 2. The molecule has 0 amide bonds. The van der Waals surface area contributed by atoms with E-state index in [-0.39, 0.29) is 18.1 Å². The second kappa shape index (κ2) is 12.5. The maximum atomic E-state index is 11.0. The highest BCUT2D eigenvalue weighted by molar-refractivity contribution is 6.39. The maximum absolute atomic E-state index is 11.0. The molecule has 0 bridgehead atoms. The summed E-state index contributed by atoms with van der Waals surface area (Å²) in [6.45, 7) is 4.67. The standard InChI is InChI=1S/C33H27Cl2NO5/c1-20(2)32-27(31(36-41-32)30-28(34)7-4-8-29(30)35)19-40-26-13-9-22(10-14-26)24-6-3-5-21(17-24)18-39-25-15-11-23(12-16-25)33(37)38/h3-17,20H,18-19H2,1-2H3,(H,37,38). The van der Waals surface area contributed by atoms with Gasteiger partial charge in [-0.15, -0.1) is 0 Å². The third-order valence-corrected chi connectivity index (χ3v) is 7.18. The van der Waals surface area contributed by atoms with E-state index < -0.39 is 5.97 Å². The topological polar surface area (TPSA) is 81.8 Å². The Morgan fingerprint density at radius 3 is 2.07 bits per heavy atom. The lowest BCUT2D eigenvalue weighted by atomic mass is 10.0. The Kier molecular flexibility index (Phi) is 8.62. The van der Waals surface area contributed by atoms with Crippen molar-refractivity contribution in [2.24, 2.45) is 0 Å². The van der Waals surface area contributed by atoms with Crippen LogP contribution in [0.3, 0.4) is 0 Å². The van der Waals surface area contributed by atoms with Crippen molar-refractivity contribution in [3.8, 4) is 33.9 Å². The minimum Gasteiger partial charge on any atom is -0.489 e. The van der Waals surface area contributed by atoms with Crippen LogP contribution in [-0.4, -0.2) is 16.2 Å². The van der Waals surface area contributed by atoms with Gasteiger partial charge in [0, 0.05) is 11.5 Å². The molecule has 0 aliphatic carbocycles. The zero-order valence-electron chi connectivity index (χ0n) is 22.4. The molecule has 41 heavy (non-hydrogen) atoms. The largest absolute Gasteiger partial charge is 0.489 e. The van der Waals surface area contributed by atoms with Crippen LogP contribution in [0.5, 0.6) is 11.5 Å². The average Bonchev–Trinajstić information content (AvgIpc) is 3.39. The number of nitrogens with zero attached hydrogens (tertiary/aromatic N) is 1. The zero-order valence-corrected chi connectivity index (χ0v) is 23.9. The van der Waals surface area contributed by atoms with Gasteiger partial charge in [-0.2, -0.15) is 0 Å². The molecule has 8 heteroatoms. The van der Waals surface area contributed by atoms with Gasteiger partial charge in [-0.1, -0.05) is 78.6 Å². The van der Waals surface area contributed by atoms with Gasteiger partial charge in [0.05, 0.1) is 21.2 Å². The van der Waals surface area contributed by atoms with Gasteiger partial charge in [-0.3, -0.25) is 0 Å². The van der Waals surface area contributed by atoms with Crippen molar-refractivity contribution in [2.75, 3.05) is 0 Å². The second-order valence-corrected chi connectivity index (χ2v) is 10.6. The quantitative estimate of drug-likeness (QED) is 0.175. The van der Waals surface area contributed by atoms with Crippen molar-refractivity contribution >= 4 is 29.2 Å². The van der Waals surface area contributed by atoms with E-state index in [2.05, 4.69) is 11.2 Å². The van der Waals surface area contributed by atoms with E-state index in [0.717, 1.165) is 28.0 Å². The fourth-order valence-corrected chi connectivity index (χ4v) is 5.01. The molecule has 0 unspecified atom stereocenters. The van der Waals surface area contributed by atoms with Crippen LogP contribution in [0.25, 0.3) is 22.4 Å². The van der Waals surface area contributed by atoms with E-state index in [0.29, 0.717) is 39.4 Å². The lowest BCUT2D eigenvalue weighted by Gasteiger charge is -2.12. The fourth-order valence-electron chi connectivity index (χ4n) is 4.44. The third-order valence-electron chi connectivity index (χ3n) is 6.55. The van der Waals surface area contributed by atoms with Crippen LogP contribution in [0.4, 0.5) is 0 Å². The average molecular weight is 588 g/mol. The molecule has 0 saturated carbocycles. The molecule has 1 aromatic heterocycles. The highest BCUT2D eigenvalue weighted by Crippen LogP contribution is 2.39. The Morgan fingerprint density at radius 1 is 0.829 bits per heavy atom. The molecular weight excluding hydrogens is 561 g/mol. The summed E-state index contributed by atoms with van der Waals surface area (Å²) in [6.07, 6.45) is 0. The first-order valence-electron chi connectivity index (χ1n) is 13.0. The van der Waals surface area contributed by atoms with Gasteiger partial charge in [0.15, 0.2) is 0 Å². The summed E-state index contributed by atoms with van der Waals surface area (Å²) in [5, 5.41) is 14.3. The molecule has 0 saturated heterocycles. The Bertz CT molecular complexity index is 1640. The van der Waals surface area contributed by atoms with Gasteiger partial charge < -0.3 is 19.1 Å². The number of benzene rings is 4. The van der Waals surface area contributed by atoms with E-state index in [1.54, 1.807) is 30.3 Å². The van der Waals surface area contributed by atoms with Gasteiger partial charge in [0.2, 0.25) is 0 Å². The molecule has 0 aliphatic rings. The maximum Gasteiger partial charge on any atom is 0.335 e. The number of carboxylic acids is 1. The van der Waals surface area contributed by atoms with Crippen LogP contribution in [-0.2, 0) is 13.2 Å². The Labute approximate surface area is 248 Å². The molecule has 6 nitrogen and oxygen atoms in total. The summed E-state index contributed by atoms with van der Waals surface area (Å²) >= 11 is 12.9. The normalized spacial score (nSPS) is 11.0. The van der Waals surface area contributed by atoms with E-state index in [1.165, 1.54) is 12.1 Å². The van der Waals surface area contributed by atoms with Crippen LogP contribution < -0.4 is 9.47 Å². The number of hydrogen-bond donors (Lipinski definition) is 1. The van der Waals surface area contributed by atoms with Crippen molar-refractivity contribution in [3.05, 3.63) is 123 Å². The molecule has 5 aromatic rings. The predicted octanol–water partition coefficient (Wildman–Crippen LogP) is 9.30. The minimum atomic E-state index is -0.966. The lowest BCUT2D eigenvalue weighted by molar-refractivity contribution is 0.0697. The van der Waals surface area contributed by atoms with Crippen LogP contribution >= 0.6 is 23.2 Å². The summed E-state index contributed by atoms with van der Waals surface area (Å²) in [4.78, 5) is 11.0. The lowest BCUT2D eigenvalue weighted by Crippen LogP contribution is -2.01. The van der Waals surface area contributed by atoms with Gasteiger partial charge in [0.25, 0.3) is 0 Å². The van der Waals surface area contributed by atoms with Crippen LogP contribution in [0.1, 0.15) is 47.0 Å². The minimum absolute atomic E-state index is 0.0962. The monoisotopic (exact) mass is 587 g/mol. The highest BCUT2D eigenvalue weighted by atomic mass is 35.5. The molecular formula is C33H27Cl2NO5. The highest BCUT2D eigenvalue weighted by Gasteiger charge is 2.23. The Hall–Kier alpha value is -4.26. The van der Waals surface area contributed by atoms with E-state index >= 15 is 0 Å². The van der Waals surface area contributed by atoms with Gasteiger partial charge in [-0.05, 0) is 71.3 Å². The number of hydrogen-bond acceptors (Lipinski definition) is 5. The summed E-state index contributed by atoms with van der Waals surface area (Å²) in [7, 11) is 0. The zero-order chi connectivity index (χ0) is 28.9. The van der Waals surface area contributed by atoms with Crippen LogP contribution in [0, 0.1) is 0 Å².